The second-order valence-electron chi connectivity index (χ2n) is 5.77. The number of hydrogen-bond acceptors (Lipinski definition) is 5. The van der Waals surface area contributed by atoms with Crippen molar-refractivity contribution in [3.05, 3.63) is 34.2 Å². The molecule has 1 aliphatic rings. The first-order chi connectivity index (χ1) is 11.8. The lowest BCUT2D eigenvalue weighted by molar-refractivity contribution is -0.137. The number of nitrogens with two attached hydrogens (primary N) is 1. The number of nitriles is 1. The van der Waals surface area contributed by atoms with Gasteiger partial charge in [0.25, 0.3) is 0 Å². The SMILES string of the molecule is CN1CCC(N=C/C(=C\N)c2cc(C(F)(F)F)c(C#N)c(Cl)n2)CC1. The minimum absolute atomic E-state index is 0.0736. The zero-order valence-electron chi connectivity index (χ0n) is 13.5. The number of halogens is 4. The number of nitrogens with zero attached hydrogens (tertiary/aromatic N) is 4. The smallest absolute Gasteiger partial charge is 0.404 e. The van der Waals surface area contributed by atoms with Crippen molar-refractivity contribution in [3.63, 3.8) is 0 Å². The van der Waals surface area contributed by atoms with E-state index in [1.165, 1.54) is 12.3 Å². The van der Waals surface area contributed by atoms with Crippen molar-refractivity contribution in [2.24, 2.45) is 10.7 Å². The van der Waals surface area contributed by atoms with Crippen LogP contribution in [-0.4, -0.2) is 42.3 Å². The highest BCUT2D eigenvalue weighted by Gasteiger charge is 2.36. The van der Waals surface area contributed by atoms with Gasteiger partial charge in [0, 0.05) is 18.0 Å². The van der Waals surface area contributed by atoms with Crippen LogP contribution >= 0.6 is 11.6 Å². The summed E-state index contributed by atoms with van der Waals surface area (Å²) < 4.78 is 39.4. The molecule has 1 fully saturated rings. The lowest BCUT2D eigenvalue weighted by Gasteiger charge is -2.26. The Kier molecular flexibility index (Phi) is 6.03. The fourth-order valence-electron chi connectivity index (χ4n) is 2.52. The molecule has 2 heterocycles. The topological polar surface area (TPSA) is 78.3 Å². The van der Waals surface area contributed by atoms with Gasteiger partial charge in [-0.1, -0.05) is 11.6 Å². The number of rotatable bonds is 3. The molecule has 134 valence electrons. The van der Waals surface area contributed by atoms with Crippen LogP contribution in [0.1, 0.15) is 29.7 Å². The summed E-state index contributed by atoms with van der Waals surface area (Å²) in [5.74, 6) is 0. The Morgan fingerprint density at radius 2 is 2.12 bits per heavy atom. The average molecular weight is 372 g/mol. The summed E-state index contributed by atoms with van der Waals surface area (Å²) in [5, 5.41) is 8.39. The van der Waals surface area contributed by atoms with Crippen LogP contribution in [0.15, 0.2) is 17.3 Å². The van der Waals surface area contributed by atoms with Gasteiger partial charge in [0.1, 0.15) is 16.8 Å². The summed E-state index contributed by atoms with van der Waals surface area (Å²) in [6.45, 7) is 1.81. The Morgan fingerprint density at radius 1 is 1.48 bits per heavy atom. The molecule has 1 saturated heterocycles. The van der Waals surface area contributed by atoms with Gasteiger partial charge in [0.2, 0.25) is 0 Å². The number of allylic oxidation sites excluding steroid dienone is 1. The minimum atomic E-state index is -4.73. The lowest BCUT2D eigenvalue weighted by Crippen LogP contribution is -2.32. The summed E-state index contributed by atoms with van der Waals surface area (Å²) in [5.41, 5.74) is 3.83. The van der Waals surface area contributed by atoms with Gasteiger partial charge in [-0.15, -0.1) is 0 Å². The molecule has 5 nitrogen and oxygen atoms in total. The third-order valence-electron chi connectivity index (χ3n) is 3.98. The molecule has 25 heavy (non-hydrogen) atoms. The van der Waals surface area contributed by atoms with Crippen LogP contribution in [0, 0.1) is 11.3 Å². The molecule has 0 atom stereocenters. The number of hydrogen-bond donors (Lipinski definition) is 1. The highest BCUT2D eigenvalue weighted by molar-refractivity contribution is 6.30. The first-order valence-corrected chi connectivity index (χ1v) is 7.96. The molecule has 1 aromatic heterocycles. The number of aromatic nitrogens is 1. The van der Waals surface area contributed by atoms with Crippen LogP contribution in [0.3, 0.4) is 0 Å². The van der Waals surface area contributed by atoms with Gasteiger partial charge in [0.15, 0.2) is 0 Å². The highest BCUT2D eigenvalue weighted by atomic mass is 35.5. The molecule has 1 aromatic rings. The second kappa shape index (κ2) is 7.85. The lowest BCUT2D eigenvalue weighted by atomic mass is 10.1. The Bertz CT molecular complexity index is 729. The summed E-state index contributed by atoms with van der Waals surface area (Å²) in [6.07, 6.45) is -0.457. The molecule has 0 unspecified atom stereocenters. The van der Waals surface area contributed by atoms with Crippen molar-refractivity contribution in [1.82, 2.24) is 9.88 Å². The molecule has 0 aromatic carbocycles. The van der Waals surface area contributed by atoms with Crippen molar-refractivity contribution >= 4 is 23.4 Å². The normalized spacial score (nSPS) is 17.8. The summed E-state index contributed by atoms with van der Waals surface area (Å²) in [4.78, 5) is 10.4. The van der Waals surface area contributed by atoms with E-state index in [4.69, 9.17) is 22.6 Å². The van der Waals surface area contributed by atoms with E-state index in [1.807, 2.05) is 7.05 Å². The van der Waals surface area contributed by atoms with E-state index < -0.39 is 22.5 Å². The predicted octanol–water partition coefficient (Wildman–Crippen LogP) is 3.09. The summed E-state index contributed by atoms with van der Waals surface area (Å²) >= 11 is 5.76. The van der Waals surface area contributed by atoms with Gasteiger partial charge >= 0.3 is 6.18 Å². The largest absolute Gasteiger partial charge is 0.417 e. The van der Waals surface area contributed by atoms with Gasteiger partial charge in [-0.05, 0) is 39.0 Å². The first kappa shape index (κ1) is 19.2. The van der Waals surface area contributed by atoms with Crippen LogP contribution in [-0.2, 0) is 6.18 Å². The molecular weight excluding hydrogens is 355 g/mol. The van der Waals surface area contributed by atoms with Crippen molar-refractivity contribution in [3.8, 4) is 6.07 Å². The maximum absolute atomic E-state index is 13.1. The Morgan fingerprint density at radius 3 is 2.64 bits per heavy atom. The van der Waals surface area contributed by atoms with Gasteiger partial charge < -0.3 is 10.6 Å². The molecule has 0 spiro atoms. The van der Waals surface area contributed by atoms with Crippen LogP contribution in [0.2, 0.25) is 5.15 Å². The monoisotopic (exact) mass is 371 g/mol. The molecule has 0 bridgehead atoms. The molecule has 1 aliphatic heterocycles. The van der Waals surface area contributed by atoms with E-state index in [0.717, 1.165) is 38.2 Å². The average Bonchev–Trinajstić information content (AvgIpc) is 2.55. The third-order valence-corrected chi connectivity index (χ3v) is 4.25. The minimum Gasteiger partial charge on any atom is -0.404 e. The molecule has 9 heteroatoms. The van der Waals surface area contributed by atoms with Crippen molar-refractivity contribution in [1.29, 1.82) is 5.26 Å². The number of piperidine rings is 1. The second-order valence-corrected chi connectivity index (χ2v) is 6.12. The predicted molar refractivity (Wildman–Crippen MR) is 90.1 cm³/mol. The third kappa shape index (κ3) is 4.71. The van der Waals surface area contributed by atoms with Crippen LogP contribution < -0.4 is 5.73 Å². The molecular formula is C16H17ClF3N5. The fraction of sp³-hybridized carbons (Fsp3) is 0.438. The number of alkyl halides is 3. The van der Waals surface area contributed by atoms with Crippen LogP contribution in [0.5, 0.6) is 0 Å². The van der Waals surface area contributed by atoms with Crippen molar-refractivity contribution in [2.45, 2.75) is 25.1 Å². The van der Waals surface area contributed by atoms with E-state index in [9.17, 15) is 13.2 Å². The first-order valence-electron chi connectivity index (χ1n) is 7.58. The Hall–Kier alpha value is -2.11. The van der Waals surface area contributed by atoms with E-state index in [2.05, 4.69) is 14.9 Å². The molecule has 0 amide bonds. The molecule has 0 radical (unpaired) electrons. The Balaban J connectivity index is 2.32. The van der Waals surface area contributed by atoms with E-state index in [0.29, 0.717) is 0 Å². The maximum Gasteiger partial charge on any atom is 0.417 e. The number of likely N-dealkylation sites (tertiary alicyclic amines) is 1. The van der Waals surface area contributed by atoms with E-state index in [-0.39, 0.29) is 17.3 Å². The van der Waals surface area contributed by atoms with Crippen molar-refractivity contribution in [2.75, 3.05) is 20.1 Å². The van der Waals surface area contributed by atoms with Crippen LogP contribution in [0.4, 0.5) is 13.2 Å². The highest BCUT2D eigenvalue weighted by Crippen LogP contribution is 2.35. The Labute approximate surface area is 148 Å². The van der Waals surface area contributed by atoms with Crippen molar-refractivity contribution < 1.29 is 13.2 Å². The van der Waals surface area contributed by atoms with E-state index >= 15 is 0 Å². The number of pyridine rings is 1. The molecule has 2 rings (SSSR count). The van der Waals surface area contributed by atoms with Gasteiger partial charge in [-0.25, -0.2) is 4.98 Å². The zero-order chi connectivity index (χ0) is 18.6. The van der Waals surface area contributed by atoms with Gasteiger partial charge in [-0.3, -0.25) is 4.99 Å². The molecule has 0 aliphatic carbocycles. The quantitative estimate of drug-likeness (QED) is 0.654. The fourth-order valence-corrected chi connectivity index (χ4v) is 2.75. The van der Waals surface area contributed by atoms with Gasteiger partial charge in [0.05, 0.1) is 17.3 Å². The summed E-state index contributed by atoms with van der Waals surface area (Å²) in [7, 11) is 2.02. The maximum atomic E-state index is 13.1. The standard InChI is InChI=1S/C16H17ClF3N5/c1-25-4-2-11(3-5-25)23-9-10(7-21)14-6-13(16(18,19)20)12(8-22)15(17)24-14/h6-7,9,11H,2-5,21H2,1H3/b10-7+,23-9?. The zero-order valence-corrected chi connectivity index (χ0v) is 14.3. The van der Waals surface area contributed by atoms with E-state index in [1.54, 1.807) is 0 Å². The molecule has 0 saturated carbocycles. The molecule has 2 N–H and O–H groups in total. The van der Waals surface area contributed by atoms with Gasteiger partial charge in [-0.2, -0.15) is 18.4 Å². The summed E-state index contributed by atoms with van der Waals surface area (Å²) in [6, 6.07) is 2.29. The van der Waals surface area contributed by atoms with Crippen LogP contribution in [0.25, 0.3) is 5.57 Å². The number of aliphatic imine (C=N–C) groups is 1.